The van der Waals surface area contributed by atoms with Crippen molar-refractivity contribution < 1.29 is 18.7 Å². The van der Waals surface area contributed by atoms with Gasteiger partial charge in [-0.1, -0.05) is 6.07 Å². The maximum Gasteiger partial charge on any atom is 0.231 e. The van der Waals surface area contributed by atoms with Gasteiger partial charge in [0.25, 0.3) is 0 Å². The molecule has 1 amide bonds. The zero-order valence-corrected chi connectivity index (χ0v) is 13.6. The number of nitrogens with one attached hydrogen (secondary N) is 1. The van der Waals surface area contributed by atoms with Crippen LogP contribution < -0.4 is 14.8 Å². The van der Waals surface area contributed by atoms with E-state index in [0.29, 0.717) is 23.7 Å². The number of nitrogens with zero attached hydrogens (tertiary/aromatic N) is 2. The number of imidazole rings is 1. The second-order valence-corrected chi connectivity index (χ2v) is 6.24. The van der Waals surface area contributed by atoms with Crippen LogP contribution in [0.1, 0.15) is 23.6 Å². The number of ether oxygens (including phenoxy) is 2. The summed E-state index contributed by atoms with van der Waals surface area (Å²) in [6, 6.07) is 11.7. The maximum atomic E-state index is 13.2. The molecule has 0 spiro atoms. The predicted molar refractivity (Wildman–Crippen MR) is 91.2 cm³/mol. The first kappa shape index (κ1) is 14.9. The number of aromatic nitrogens is 2. The first-order chi connectivity index (χ1) is 12.7. The van der Waals surface area contributed by atoms with Crippen LogP contribution in [0.2, 0.25) is 0 Å². The van der Waals surface area contributed by atoms with Gasteiger partial charge < -0.3 is 14.8 Å². The molecule has 2 aliphatic heterocycles. The number of halogens is 1. The third-order valence-electron chi connectivity index (χ3n) is 4.68. The number of carbonyl (C=O) groups is 1. The van der Waals surface area contributed by atoms with Crippen LogP contribution in [0.15, 0.2) is 48.8 Å². The quantitative estimate of drug-likeness (QED) is 0.770. The Kier molecular flexibility index (Phi) is 3.21. The maximum absolute atomic E-state index is 13.2. The number of carbonyl (C=O) groups excluding carboxylic acids is 1. The van der Waals surface area contributed by atoms with Crippen LogP contribution in [-0.4, -0.2) is 22.3 Å². The van der Waals surface area contributed by atoms with Crippen molar-refractivity contribution in [2.24, 2.45) is 0 Å². The van der Waals surface area contributed by atoms with Crippen molar-refractivity contribution in [2.45, 2.75) is 12.3 Å². The summed E-state index contributed by atoms with van der Waals surface area (Å²) >= 11 is 0. The number of rotatable bonds is 2. The minimum absolute atomic E-state index is 0.0935. The van der Waals surface area contributed by atoms with E-state index in [1.54, 1.807) is 23.0 Å². The lowest BCUT2D eigenvalue weighted by Gasteiger charge is -2.23. The normalized spacial score (nSPS) is 17.7. The molecule has 26 heavy (non-hydrogen) atoms. The molecule has 0 bridgehead atoms. The van der Waals surface area contributed by atoms with Gasteiger partial charge in [0.15, 0.2) is 11.5 Å². The molecule has 0 saturated carbocycles. The number of anilines is 1. The van der Waals surface area contributed by atoms with Crippen molar-refractivity contribution >= 4 is 11.7 Å². The minimum atomic E-state index is -0.315. The average Bonchev–Trinajstić information content (AvgIpc) is 3.27. The van der Waals surface area contributed by atoms with E-state index in [4.69, 9.17) is 9.47 Å². The number of hydrogen-bond acceptors (Lipinski definition) is 4. The van der Waals surface area contributed by atoms with Gasteiger partial charge in [0.1, 0.15) is 18.0 Å². The van der Waals surface area contributed by atoms with Gasteiger partial charge in [-0.15, -0.1) is 0 Å². The molecule has 2 aliphatic rings. The Bertz CT molecular complexity index is 1010. The lowest BCUT2D eigenvalue weighted by atomic mass is 9.89. The molecule has 2 aromatic carbocycles. The highest BCUT2D eigenvalue weighted by molar-refractivity contribution is 5.94. The van der Waals surface area contributed by atoms with Crippen LogP contribution in [0, 0.1) is 5.82 Å². The van der Waals surface area contributed by atoms with Gasteiger partial charge in [-0.3, -0.25) is 9.36 Å². The number of hydrogen-bond donors (Lipinski definition) is 1. The summed E-state index contributed by atoms with van der Waals surface area (Å²) in [4.78, 5) is 16.8. The smallest absolute Gasteiger partial charge is 0.231 e. The Morgan fingerprint density at radius 2 is 1.92 bits per heavy atom. The molecule has 3 aromatic rings. The van der Waals surface area contributed by atoms with E-state index in [1.165, 1.54) is 12.1 Å². The molecule has 5 rings (SSSR count). The van der Waals surface area contributed by atoms with Crippen molar-refractivity contribution in [3.63, 3.8) is 0 Å². The van der Waals surface area contributed by atoms with Crippen LogP contribution in [0.4, 0.5) is 10.2 Å². The molecular weight excluding hydrogens is 337 g/mol. The Morgan fingerprint density at radius 1 is 1.12 bits per heavy atom. The summed E-state index contributed by atoms with van der Waals surface area (Å²) in [6.07, 6.45) is 1.94. The monoisotopic (exact) mass is 351 g/mol. The lowest BCUT2D eigenvalue weighted by molar-refractivity contribution is -0.116. The summed E-state index contributed by atoms with van der Waals surface area (Å²) in [5.74, 6) is 1.39. The number of benzene rings is 2. The highest BCUT2D eigenvalue weighted by atomic mass is 19.1. The topological polar surface area (TPSA) is 65.4 Å². The molecule has 0 saturated heterocycles. The molecule has 0 fully saturated rings. The van der Waals surface area contributed by atoms with E-state index in [0.717, 1.165) is 16.9 Å². The summed E-state index contributed by atoms with van der Waals surface area (Å²) in [6.45, 7) is 0.203. The molecule has 1 aromatic heterocycles. The third-order valence-corrected chi connectivity index (χ3v) is 4.68. The van der Waals surface area contributed by atoms with Crippen LogP contribution >= 0.6 is 0 Å². The van der Waals surface area contributed by atoms with Crippen molar-refractivity contribution in [1.82, 2.24) is 9.55 Å². The largest absolute Gasteiger partial charge is 0.454 e. The van der Waals surface area contributed by atoms with Crippen molar-refractivity contribution in [3.8, 4) is 17.2 Å². The van der Waals surface area contributed by atoms with Gasteiger partial charge in [-0.25, -0.2) is 9.37 Å². The molecule has 6 nitrogen and oxygen atoms in total. The zero-order valence-electron chi connectivity index (χ0n) is 13.6. The first-order valence-corrected chi connectivity index (χ1v) is 8.21. The lowest BCUT2D eigenvalue weighted by Crippen LogP contribution is -2.24. The van der Waals surface area contributed by atoms with E-state index in [2.05, 4.69) is 10.3 Å². The number of fused-ring (bicyclic) bond motifs is 2. The van der Waals surface area contributed by atoms with Crippen molar-refractivity contribution in [2.75, 3.05) is 12.1 Å². The first-order valence-electron chi connectivity index (χ1n) is 8.21. The Balaban J connectivity index is 1.59. The fourth-order valence-electron chi connectivity index (χ4n) is 3.41. The molecule has 1 atom stereocenters. The van der Waals surface area contributed by atoms with E-state index in [1.807, 2.05) is 18.2 Å². The van der Waals surface area contributed by atoms with Gasteiger partial charge in [-0.05, 0) is 42.0 Å². The summed E-state index contributed by atoms with van der Waals surface area (Å²) < 4.78 is 25.8. The molecule has 0 aliphatic carbocycles. The van der Waals surface area contributed by atoms with Crippen LogP contribution in [0.5, 0.6) is 11.5 Å². The van der Waals surface area contributed by atoms with E-state index < -0.39 is 0 Å². The van der Waals surface area contributed by atoms with Gasteiger partial charge in [0.05, 0.1) is 5.69 Å². The number of amides is 1. The second-order valence-electron chi connectivity index (χ2n) is 6.24. The van der Waals surface area contributed by atoms with Gasteiger partial charge in [0.2, 0.25) is 12.7 Å². The molecule has 1 N–H and O–H groups in total. The molecule has 130 valence electrons. The van der Waals surface area contributed by atoms with E-state index in [-0.39, 0.29) is 24.4 Å². The third kappa shape index (κ3) is 2.32. The van der Waals surface area contributed by atoms with Gasteiger partial charge in [0, 0.05) is 18.0 Å². The standard InChI is InChI=1S/C19H14FN3O3/c20-12-2-4-13(5-3-12)23-9-21-18-14(8-17(24)22-19(18)23)11-1-6-15-16(7-11)26-10-25-15/h1-7,9,14H,8,10H2,(H,22,24). The van der Waals surface area contributed by atoms with E-state index in [9.17, 15) is 9.18 Å². The van der Waals surface area contributed by atoms with Crippen LogP contribution in [-0.2, 0) is 4.79 Å². The van der Waals surface area contributed by atoms with Gasteiger partial charge >= 0.3 is 0 Å². The fraction of sp³-hybridized carbons (Fsp3) is 0.158. The van der Waals surface area contributed by atoms with Crippen LogP contribution in [0.3, 0.4) is 0 Å². The molecule has 7 heteroatoms. The molecule has 1 unspecified atom stereocenters. The minimum Gasteiger partial charge on any atom is -0.454 e. The second kappa shape index (κ2) is 5.59. The summed E-state index contributed by atoms with van der Waals surface area (Å²) in [5, 5.41) is 2.89. The SMILES string of the molecule is O=C1CC(c2ccc3c(c2)OCO3)c2ncn(-c3ccc(F)cc3)c2N1. The van der Waals surface area contributed by atoms with Crippen molar-refractivity contribution in [3.05, 3.63) is 65.9 Å². The summed E-state index contributed by atoms with van der Waals surface area (Å²) in [7, 11) is 0. The Morgan fingerprint density at radius 3 is 2.77 bits per heavy atom. The fourth-order valence-corrected chi connectivity index (χ4v) is 3.41. The highest BCUT2D eigenvalue weighted by Gasteiger charge is 2.32. The summed E-state index contributed by atoms with van der Waals surface area (Å²) in [5.41, 5.74) is 2.44. The van der Waals surface area contributed by atoms with Crippen molar-refractivity contribution in [1.29, 1.82) is 0 Å². The molecular formula is C19H14FN3O3. The molecule has 0 radical (unpaired) electrons. The van der Waals surface area contributed by atoms with Crippen LogP contribution in [0.25, 0.3) is 5.69 Å². The molecule has 3 heterocycles. The Labute approximate surface area is 148 Å². The van der Waals surface area contributed by atoms with Gasteiger partial charge in [-0.2, -0.15) is 0 Å². The predicted octanol–water partition coefficient (Wildman–Crippen LogP) is 3.21. The highest BCUT2D eigenvalue weighted by Crippen LogP contribution is 2.41. The zero-order chi connectivity index (χ0) is 17.7. The van der Waals surface area contributed by atoms with E-state index >= 15 is 0 Å². The Hall–Kier alpha value is -3.35. The average molecular weight is 351 g/mol.